The predicted molar refractivity (Wildman–Crippen MR) is 306 cm³/mol. The quantitative estimate of drug-likeness (QED) is 0.0195. The average Bonchev–Trinajstić information content (AvgIpc) is 3.40. The van der Waals surface area contributed by atoms with Crippen LogP contribution in [0.4, 0.5) is 0 Å². The van der Waals surface area contributed by atoms with Crippen LogP contribution >= 0.6 is 0 Å². The lowest BCUT2D eigenvalue weighted by atomic mass is 9.99. The first kappa shape index (κ1) is 69.6. The van der Waals surface area contributed by atoms with E-state index in [4.69, 9.17) is 14.2 Å². The molecule has 432 valence electrons. The van der Waals surface area contributed by atoms with Gasteiger partial charge in [-0.3, -0.25) is 9.59 Å². The first-order valence-electron chi connectivity index (χ1n) is 30.9. The van der Waals surface area contributed by atoms with Gasteiger partial charge in [0.15, 0.2) is 6.29 Å². The van der Waals surface area contributed by atoms with Crippen molar-refractivity contribution in [1.82, 2.24) is 5.32 Å². The zero-order chi connectivity index (χ0) is 53.8. The van der Waals surface area contributed by atoms with Gasteiger partial charge < -0.3 is 45.1 Å². The van der Waals surface area contributed by atoms with E-state index >= 15 is 0 Å². The van der Waals surface area contributed by atoms with E-state index in [2.05, 4.69) is 55.6 Å². The number of nitrogens with one attached hydrogen (secondary N) is 1. The number of aliphatic hydroxyl groups is 5. The molecule has 0 bridgehead atoms. The molecule has 0 aromatic rings. The number of amides is 1. The number of allylic oxidation sites excluding steroid dienone is 7. The number of hydrogen-bond acceptors (Lipinski definition) is 10. The van der Waals surface area contributed by atoms with Crippen molar-refractivity contribution >= 4 is 11.9 Å². The highest BCUT2D eigenvalue weighted by molar-refractivity contribution is 5.76. The summed E-state index contributed by atoms with van der Waals surface area (Å²) in [6, 6.07) is -0.814. The van der Waals surface area contributed by atoms with Gasteiger partial charge in [0.2, 0.25) is 5.91 Å². The first-order valence-corrected chi connectivity index (χ1v) is 30.9. The minimum atomic E-state index is -1.57. The summed E-state index contributed by atoms with van der Waals surface area (Å²) in [5.41, 5.74) is 0. The fraction of sp³-hybridized carbons (Fsp3) is 0.841. The maximum absolute atomic E-state index is 13.0. The Balaban J connectivity index is 2.03. The van der Waals surface area contributed by atoms with Crippen LogP contribution in [0.2, 0.25) is 0 Å². The Hall–Kier alpha value is -2.38. The number of rotatable bonds is 53. The molecule has 74 heavy (non-hydrogen) atoms. The van der Waals surface area contributed by atoms with Crippen LogP contribution in [0.15, 0.2) is 48.6 Å². The van der Waals surface area contributed by atoms with Gasteiger partial charge in [-0.05, 0) is 83.5 Å². The molecule has 11 heteroatoms. The normalized spacial score (nSPS) is 19.1. The van der Waals surface area contributed by atoms with Crippen molar-refractivity contribution in [2.24, 2.45) is 0 Å². The van der Waals surface area contributed by atoms with E-state index < -0.39 is 49.5 Å². The van der Waals surface area contributed by atoms with E-state index in [-0.39, 0.29) is 18.5 Å². The van der Waals surface area contributed by atoms with Crippen LogP contribution in [0.25, 0.3) is 0 Å². The molecule has 1 aliphatic rings. The van der Waals surface area contributed by atoms with Crippen LogP contribution in [0.3, 0.4) is 0 Å². The summed E-state index contributed by atoms with van der Waals surface area (Å²) in [5, 5.41) is 54.3. The van der Waals surface area contributed by atoms with Gasteiger partial charge in [-0.15, -0.1) is 0 Å². The van der Waals surface area contributed by atoms with Crippen molar-refractivity contribution in [3.8, 4) is 0 Å². The first-order chi connectivity index (χ1) is 36.2. The monoisotopic (exact) mass is 1050 g/mol. The van der Waals surface area contributed by atoms with Gasteiger partial charge in [0.05, 0.1) is 32.0 Å². The van der Waals surface area contributed by atoms with Gasteiger partial charge in [0, 0.05) is 12.8 Å². The molecule has 1 aliphatic heterocycles. The average molecular weight is 1050 g/mol. The molecule has 1 amide bonds. The third-order valence-electron chi connectivity index (χ3n) is 14.4. The van der Waals surface area contributed by atoms with Crippen LogP contribution in [0, 0.1) is 0 Å². The van der Waals surface area contributed by atoms with Gasteiger partial charge in [0.1, 0.15) is 24.4 Å². The number of carbonyl (C=O) groups is 2. The number of unbranched alkanes of at least 4 members (excludes halogenated alkanes) is 33. The molecule has 0 saturated carbocycles. The summed E-state index contributed by atoms with van der Waals surface area (Å²) in [6.45, 7) is 4.28. The topological polar surface area (TPSA) is 175 Å². The molecule has 7 unspecified atom stereocenters. The van der Waals surface area contributed by atoms with Crippen molar-refractivity contribution in [1.29, 1.82) is 0 Å². The fourth-order valence-corrected chi connectivity index (χ4v) is 9.45. The molecule has 0 aromatic heterocycles. The Morgan fingerprint density at radius 2 is 0.919 bits per heavy atom. The molecule has 7 atom stereocenters. The highest BCUT2D eigenvalue weighted by Crippen LogP contribution is 2.23. The number of aliphatic hydroxyl groups excluding tert-OH is 5. The second kappa shape index (κ2) is 52.7. The van der Waals surface area contributed by atoms with Crippen molar-refractivity contribution in [3.63, 3.8) is 0 Å². The molecule has 0 aromatic carbocycles. The summed E-state index contributed by atoms with van der Waals surface area (Å²) in [6.07, 6.45) is 56.5. The zero-order valence-corrected chi connectivity index (χ0v) is 47.6. The summed E-state index contributed by atoms with van der Waals surface area (Å²) in [5.74, 6) is -0.203. The van der Waals surface area contributed by atoms with E-state index in [1.807, 2.05) is 6.08 Å². The third-order valence-corrected chi connectivity index (χ3v) is 14.4. The number of hydrogen-bond donors (Lipinski definition) is 6. The highest BCUT2D eigenvalue weighted by atomic mass is 16.7. The Kier molecular flexibility index (Phi) is 49.6. The molecule has 0 radical (unpaired) electrons. The SMILES string of the molecule is CCCC/C=C\CCCCCCCC(=O)OCCCCCCCCCCC/C=C\C/C=C\CCCCCCCCCCCC(=O)NC(COC1OC(CO)C(O)C(O)C1O)C(O)/C=C/CCCCCCCCCC. The second-order valence-corrected chi connectivity index (χ2v) is 21.4. The summed E-state index contributed by atoms with van der Waals surface area (Å²) in [7, 11) is 0. The van der Waals surface area contributed by atoms with Crippen LogP contribution in [-0.2, 0) is 23.8 Å². The minimum absolute atomic E-state index is 0.0133. The maximum atomic E-state index is 13.0. The fourth-order valence-electron chi connectivity index (χ4n) is 9.45. The minimum Gasteiger partial charge on any atom is -0.466 e. The van der Waals surface area contributed by atoms with E-state index in [0.717, 1.165) is 83.5 Å². The lowest BCUT2D eigenvalue weighted by Crippen LogP contribution is -2.60. The van der Waals surface area contributed by atoms with Crippen LogP contribution in [0.5, 0.6) is 0 Å². The van der Waals surface area contributed by atoms with E-state index in [1.54, 1.807) is 6.08 Å². The maximum Gasteiger partial charge on any atom is 0.305 e. The van der Waals surface area contributed by atoms with Crippen LogP contribution < -0.4 is 5.32 Å². The van der Waals surface area contributed by atoms with Crippen molar-refractivity contribution < 1.29 is 49.3 Å². The largest absolute Gasteiger partial charge is 0.466 e. The van der Waals surface area contributed by atoms with E-state index in [0.29, 0.717) is 19.4 Å². The highest BCUT2D eigenvalue weighted by Gasteiger charge is 2.44. The van der Waals surface area contributed by atoms with E-state index in [9.17, 15) is 35.1 Å². The number of esters is 1. The Labute approximate surface area is 453 Å². The molecule has 11 nitrogen and oxygen atoms in total. The Morgan fingerprint density at radius 3 is 1.42 bits per heavy atom. The molecule has 1 rings (SSSR count). The summed E-state index contributed by atoms with van der Waals surface area (Å²) >= 11 is 0. The second-order valence-electron chi connectivity index (χ2n) is 21.4. The Bertz CT molecular complexity index is 1370. The molecule has 1 heterocycles. The lowest BCUT2D eigenvalue weighted by Gasteiger charge is -2.40. The molecular weight excluding hydrogens is 931 g/mol. The van der Waals surface area contributed by atoms with Gasteiger partial charge in [-0.1, -0.05) is 229 Å². The summed E-state index contributed by atoms with van der Waals surface area (Å²) < 4.78 is 16.7. The molecule has 0 aliphatic carbocycles. The van der Waals surface area contributed by atoms with Gasteiger partial charge in [0.25, 0.3) is 0 Å². The van der Waals surface area contributed by atoms with Crippen molar-refractivity contribution in [2.75, 3.05) is 19.8 Å². The van der Waals surface area contributed by atoms with Gasteiger partial charge in [-0.2, -0.15) is 0 Å². The standard InChI is InChI=1S/C63H115NO10/c1-3-5-7-9-11-13-30-35-39-43-47-51-59(68)72-52-48-44-40-36-32-29-27-25-23-21-19-17-15-16-18-20-22-24-26-28-31-34-38-42-46-50-58(67)64-55(54-73-63-62(71)61(70)60(69)57(53-65)74-63)56(66)49-45-41-37-33-14-12-10-8-6-4-2/h9,11,16-19,45,49,55-57,60-63,65-66,69-71H,3-8,10,12-15,20-44,46-48,50-54H2,1-2H3,(H,64,67)/b11-9-,18-16-,19-17-,49-45+. The van der Waals surface area contributed by atoms with Gasteiger partial charge >= 0.3 is 5.97 Å². The van der Waals surface area contributed by atoms with Crippen LogP contribution in [0.1, 0.15) is 277 Å². The molecule has 6 N–H and O–H groups in total. The number of carbonyl (C=O) groups excluding carboxylic acids is 2. The predicted octanol–water partition coefficient (Wildman–Crippen LogP) is 14.5. The smallest absolute Gasteiger partial charge is 0.305 e. The van der Waals surface area contributed by atoms with E-state index in [1.165, 1.54) is 167 Å². The number of ether oxygens (including phenoxy) is 3. The molecule has 0 spiro atoms. The lowest BCUT2D eigenvalue weighted by molar-refractivity contribution is -0.302. The van der Waals surface area contributed by atoms with Crippen molar-refractivity contribution in [2.45, 2.75) is 320 Å². The Morgan fingerprint density at radius 1 is 0.500 bits per heavy atom. The molecule has 1 saturated heterocycles. The zero-order valence-electron chi connectivity index (χ0n) is 47.6. The molecule has 1 fully saturated rings. The van der Waals surface area contributed by atoms with Gasteiger partial charge in [-0.25, -0.2) is 0 Å². The van der Waals surface area contributed by atoms with Crippen molar-refractivity contribution in [3.05, 3.63) is 48.6 Å². The van der Waals surface area contributed by atoms with Crippen LogP contribution in [-0.4, -0.2) is 100 Å². The summed E-state index contributed by atoms with van der Waals surface area (Å²) in [4.78, 5) is 25.0. The molecular formula is C63H115NO10. The third kappa shape index (κ3) is 41.7.